The zero-order chi connectivity index (χ0) is 12.1. The van der Waals surface area contributed by atoms with Crippen LogP contribution in [0.4, 0.5) is 8.78 Å². The van der Waals surface area contributed by atoms with Crippen LogP contribution in [-0.4, -0.2) is 18.3 Å². The summed E-state index contributed by atoms with van der Waals surface area (Å²) in [6, 6.07) is 0.239. The summed E-state index contributed by atoms with van der Waals surface area (Å²) in [5.41, 5.74) is 12.4. The van der Waals surface area contributed by atoms with Gasteiger partial charge in [-0.15, -0.1) is 0 Å². The summed E-state index contributed by atoms with van der Waals surface area (Å²) < 4.78 is 24.3. The number of nitrogens with two attached hydrogens (primary N) is 2. The Balaban J connectivity index is 0.00000256. The molecule has 0 saturated heterocycles. The van der Waals surface area contributed by atoms with Gasteiger partial charge >= 0.3 is 6.55 Å². The number of nitrogens with zero attached hydrogens (tertiary/aromatic N) is 1. The highest BCUT2D eigenvalue weighted by atomic mass is 32.1. The zero-order valence-electron chi connectivity index (χ0n) is 10.00. The van der Waals surface area contributed by atoms with E-state index < -0.39 is 6.55 Å². The van der Waals surface area contributed by atoms with Gasteiger partial charge < -0.3 is 11.5 Å². The topological polar surface area (TPSA) is 64.4 Å². The molecule has 100 valence electrons. The van der Waals surface area contributed by atoms with Crippen LogP contribution in [0.1, 0.15) is 32.6 Å². The third kappa shape index (κ3) is 5.04. The third-order valence-corrected chi connectivity index (χ3v) is 3.10. The molecule has 1 fully saturated rings. The summed E-state index contributed by atoms with van der Waals surface area (Å²) in [5.74, 6) is 0.229. The minimum absolute atomic E-state index is 0. The average Bonchev–Trinajstić information content (AvgIpc) is 2.21. The SMILES string of the molecule is CC(=N\C(F)F)/C(=C\N)C1CCC(N)CC1.S. The number of alkyl halides is 2. The molecule has 0 bridgehead atoms. The second-order valence-corrected chi connectivity index (χ2v) is 4.23. The summed E-state index contributed by atoms with van der Waals surface area (Å²) in [4.78, 5) is 3.25. The van der Waals surface area contributed by atoms with E-state index in [0.717, 1.165) is 31.3 Å². The van der Waals surface area contributed by atoms with Gasteiger partial charge in [0.2, 0.25) is 0 Å². The molecular weight excluding hydrogens is 244 g/mol. The molecule has 0 aliphatic heterocycles. The van der Waals surface area contributed by atoms with E-state index in [-0.39, 0.29) is 25.5 Å². The van der Waals surface area contributed by atoms with Crippen molar-refractivity contribution in [2.24, 2.45) is 22.4 Å². The first-order valence-corrected chi connectivity index (χ1v) is 5.55. The van der Waals surface area contributed by atoms with Gasteiger partial charge in [-0.25, -0.2) is 4.99 Å². The highest BCUT2D eigenvalue weighted by Gasteiger charge is 2.23. The molecule has 0 aromatic carbocycles. The van der Waals surface area contributed by atoms with Crippen LogP contribution >= 0.6 is 13.5 Å². The zero-order valence-corrected chi connectivity index (χ0v) is 11.0. The maximum Gasteiger partial charge on any atom is 0.332 e. The second-order valence-electron chi connectivity index (χ2n) is 4.23. The first kappa shape index (κ1) is 16.4. The molecule has 1 rings (SSSR count). The van der Waals surface area contributed by atoms with Crippen molar-refractivity contribution in [3.8, 4) is 0 Å². The minimum Gasteiger partial charge on any atom is -0.404 e. The van der Waals surface area contributed by atoms with Gasteiger partial charge in [-0.05, 0) is 50.3 Å². The first-order valence-electron chi connectivity index (χ1n) is 5.55. The molecule has 4 N–H and O–H groups in total. The van der Waals surface area contributed by atoms with Crippen LogP contribution < -0.4 is 11.5 Å². The molecule has 1 saturated carbocycles. The monoisotopic (exact) mass is 265 g/mol. The lowest BCUT2D eigenvalue weighted by Gasteiger charge is -2.27. The Morgan fingerprint density at radius 3 is 2.24 bits per heavy atom. The third-order valence-electron chi connectivity index (χ3n) is 3.10. The minimum atomic E-state index is -2.67. The van der Waals surface area contributed by atoms with Crippen LogP contribution in [0.25, 0.3) is 0 Å². The highest BCUT2D eigenvalue weighted by Crippen LogP contribution is 2.29. The number of allylic oxidation sites excluding steroid dienone is 1. The number of aliphatic imine (C=N–C) groups is 1. The first-order chi connectivity index (χ1) is 7.54. The van der Waals surface area contributed by atoms with E-state index in [0.29, 0.717) is 5.71 Å². The van der Waals surface area contributed by atoms with Crippen molar-refractivity contribution in [3.63, 3.8) is 0 Å². The van der Waals surface area contributed by atoms with Gasteiger partial charge in [-0.2, -0.15) is 22.3 Å². The quantitative estimate of drug-likeness (QED) is 0.606. The van der Waals surface area contributed by atoms with Crippen molar-refractivity contribution < 1.29 is 8.78 Å². The fourth-order valence-corrected chi connectivity index (χ4v) is 2.20. The smallest absolute Gasteiger partial charge is 0.332 e. The molecule has 6 heteroatoms. The molecule has 1 aliphatic carbocycles. The maximum absolute atomic E-state index is 12.1. The van der Waals surface area contributed by atoms with E-state index in [1.165, 1.54) is 6.20 Å². The molecule has 0 heterocycles. The highest BCUT2D eigenvalue weighted by molar-refractivity contribution is 7.59. The molecular formula is C11H21F2N3S. The number of halogens is 2. The lowest BCUT2D eigenvalue weighted by molar-refractivity contribution is 0.160. The van der Waals surface area contributed by atoms with E-state index in [2.05, 4.69) is 4.99 Å². The van der Waals surface area contributed by atoms with Crippen molar-refractivity contribution in [2.75, 3.05) is 0 Å². The van der Waals surface area contributed by atoms with Crippen molar-refractivity contribution in [2.45, 2.75) is 45.2 Å². The van der Waals surface area contributed by atoms with Gasteiger partial charge in [0.1, 0.15) is 0 Å². The predicted octanol–water partition coefficient (Wildman–Crippen LogP) is 2.14. The van der Waals surface area contributed by atoms with Crippen molar-refractivity contribution in [1.82, 2.24) is 0 Å². The largest absolute Gasteiger partial charge is 0.404 e. The number of rotatable bonds is 3. The predicted molar refractivity (Wildman–Crippen MR) is 71.7 cm³/mol. The van der Waals surface area contributed by atoms with Crippen LogP contribution in [0.2, 0.25) is 0 Å². The van der Waals surface area contributed by atoms with E-state index in [1.54, 1.807) is 6.92 Å². The molecule has 0 aromatic rings. The van der Waals surface area contributed by atoms with Gasteiger partial charge in [-0.3, -0.25) is 0 Å². The summed E-state index contributed by atoms with van der Waals surface area (Å²) in [6.45, 7) is -1.08. The maximum atomic E-state index is 12.1. The fourth-order valence-electron chi connectivity index (χ4n) is 2.20. The normalized spacial score (nSPS) is 26.9. The fraction of sp³-hybridized carbons (Fsp3) is 0.727. The van der Waals surface area contributed by atoms with Crippen LogP contribution in [0.15, 0.2) is 16.8 Å². The van der Waals surface area contributed by atoms with Crippen LogP contribution in [0.5, 0.6) is 0 Å². The van der Waals surface area contributed by atoms with Gasteiger partial charge in [0.15, 0.2) is 0 Å². The Morgan fingerprint density at radius 2 is 1.82 bits per heavy atom. The summed E-state index contributed by atoms with van der Waals surface area (Å²) in [6.07, 6.45) is 5.05. The standard InChI is InChI=1S/C11H19F2N3.H2S/c1-7(16-11(12)13)10(6-14)8-2-4-9(15)5-3-8;/h6,8-9,11H,2-5,14-15H2,1H3;1H2/b10-6+,16-7+;. The molecule has 0 amide bonds. The molecule has 1 aliphatic rings. The van der Waals surface area contributed by atoms with E-state index in [1.807, 2.05) is 0 Å². The van der Waals surface area contributed by atoms with Gasteiger partial charge in [0, 0.05) is 11.8 Å². The molecule has 0 radical (unpaired) electrons. The van der Waals surface area contributed by atoms with Crippen molar-refractivity contribution in [1.29, 1.82) is 0 Å². The van der Waals surface area contributed by atoms with Gasteiger partial charge in [-0.1, -0.05) is 0 Å². The Bertz CT molecular complexity index is 284. The van der Waals surface area contributed by atoms with Crippen molar-refractivity contribution in [3.05, 3.63) is 11.8 Å². The molecule has 0 spiro atoms. The summed E-state index contributed by atoms with van der Waals surface area (Å²) in [5, 5.41) is 0. The second kappa shape index (κ2) is 7.66. The Morgan fingerprint density at radius 1 is 1.29 bits per heavy atom. The Labute approximate surface area is 108 Å². The van der Waals surface area contributed by atoms with Gasteiger partial charge in [0.05, 0.1) is 0 Å². The molecule has 3 nitrogen and oxygen atoms in total. The lowest BCUT2D eigenvalue weighted by atomic mass is 9.80. The number of hydrogen-bond donors (Lipinski definition) is 2. The Hall–Kier alpha value is -0.620. The van der Waals surface area contributed by atoms with E-state index in [4.69, 9.17) is 11.5 Å². The summed E-state index contributed by atoms with van der Waals surface area (Å²) in [7, 11) is 0. The van der Waals surface area contributed by atoms with Crippen LogP contribution in [-0.2, 0) is 0 Å². The molecule has 0 aromatic heterocycles. The van der Waals surface area contributed by atoms with E-state index in [9.17, 15) is 8.78 Å². The number of hydrogen-bond acceptors (Lipinski definition) is 3. The Kier molecular flexibility index (Phi) is 7.38. The summed E-state index contributed by atoms with van der Waals surface area (Å²) >= 11 is 0. The lowest BCUT2D eigenvalue weighted by Crippen LogP contribution is -2.28. The van der Waals surface area contributed by atoms with Crippen molar-refractivity contribution >= 4 is 19.2 Å². The molecule has 17 heavy (non-hydrogen) atoms. The molecule has 0 atom stereocenters. The average molecular weight is 265 g/mol. The van der Waals surface area contributed by atoms with E-state index >= 15 is 0 Å². The van der Waals surface area contributed by atoms with Crippen LogP contribution in [0, 0.1) is 5.92 Å². The molecule has 0 unspecified atom stereocenters. The van der Waals surface area contributed by atoms with Gasteiger partial charge in [0.25, 0.3) is 0 Å². The van der Waals surface area contributed by atoms with Crippen LogP contribution in [0.3, 0.4) is 0 Å².